The van der Waals surface area contributed by atoms with E-state index >= 15 is 0 Å². The predicted octanol–water partition coefficient (Wildman–Crippen LogP) is 1.98. The number of nitrogens with one attached hydrogen (secondary N) is 1. The van der Waals surface area contributed by atoms with Crippen molar-refractivity contribution in [2.45, 2.75) is 12.3 Å². The van der Waals surface area contributed by atoms with Crippen LogP contribution in [0, 0.1) is 0 Å². The molecule has 0 aliphatic carbocycles. The van der Waals surface area contributed by atoms with Gasteiger partial charge in [0.1, 0.15) is 5.75 Å². The highest BCUT2D eigenvalue weighted by atomic mass is 16.5. The van der Waals surface area contributed by atoms with Gasteiger partial charge >= 0.3 is 0 Å². The molecule has 96 valence electrons. The number of carbonyl (C=O) groups is 1. The second-order valence-electron chi connectivity index (χ2n) is 4.37. The Hall–Kier alpha value is -2.43. The van der Waals surface area contributed by atoms with Crippen LogP contribution in [0.2, 0.25) is 0 Å². The first-order valence-corrected chi connectivity index (χ1v) is 6.11. The van der Waals surface area contributed by atoms with Crippen molar-refractivity contribution < 1.29 is 9.53 Å². The summed E-state index contributed by atoms with van der Waals surface area (Å²) < 4.78 is 5.55. The molecule has 5 nitrogen and oxygen atoms in total. The summed E-state index contributed by atoms with van der Waals surface area (Å²) in [7, 11) is 0. The van der Waals surface area contributed by atoms with Gasteiger partial charge in [-0.15, -0.1) is 0 Å². The molecule has 1 aromatic carbocycles. The number of anilines is 1. The van der Waals surface area contributed by atoms with Gasteiger partial charge in [-0.3, -0.25) is 10.1 Å². The van der Waals surface area contributed by atoms with Crippen LogP contribution in [0.25, 0.3) is 0 Å². The first-order valence-electron chi connectivity index (χ1n) is 6.11. The fourth-order valence-corrected chi connectivity index (χ4v) is 2.16. The predicted molar refractivity (Wildman–Crippen MR) is 70.0 cm³/mol. The molecule has 5 heteroatoms. The third-order valence-corrected chi connectivity index (χ3v) is 3.05. The number of carbonyl (C=O) groups excluding carboxylic acids is 1. The van der Waals surface area contributed by atoms with E-state index in [1.54, 1.807) is 18.5 Å². The van der Waals surface area contributed by atoms with Crippen molar-refractivity contribution in [2.75, 3.05) is 11.9 Å². The zero-order chi connectivity index (χ0) is 13.1. The quantitative estimate of drug-likeness (QED) is 0.910. The number of para-hydroxylation sites is 1. The van der Waals surface area contributed by atoms with Crippen molar-refractivity contribution in [1.82, 2.24) is 9.97 Å². The molecule has 0 saturated heterocycles. The van der Waals surface area contributed by atoms with Crippen molar-refractivity contribution in [3.8, 4) is 5.75 Å². The van der Waals surface area contributed by atoms with E-state index in [-0.39, 0.29) is 11.8 Å². The summed E-state index contributed by atoms with van der Waals surface area (Å²) >= 11 is 0. The minimum Gasteiger partial charge on any atom is -0.493 e. The molecule has 0 spiro atoms. The summed E-state index contributed by atoms with van der Waals surface area (Å²) in [6, 6.07) is 9.52. The summed E-state index contributed by atoms with van der Waals surface area (Å²) in [5.74, 6) is 1.20. The standard InChI is InChI=1S/C14H13N3O2/c18-13(17-14-15-6-3-7-16-14)8-10-9-19-12-5-2-1-4-11(10)12/h1-7,10H,8-9H2,(H,15,16,17,18). The van der Waals surface area contributed by atoms with Crippen LogP contribution in [-0.4, -0.2) is 22.5 Å². The highest BCUT2D eigenvalue weighted by Gasteiger charge is 2.25. The Morgan fingerprint density at radius 1 is 1.26 bits per heavy atom. The lowest BCUT2D eigenvalue weighted by Crippen LogP contribution is -2.17. The molecule has 1 atom stereocenters. The fraction of sp³-hybridized carbons (Fsp3) is 0.214. The van der Waals surface area contributed by atoms with Crippen molar-refractivity contribution in [2.24, 2.45) is 0 Å². The van der Waals surface area contributed by atoms with Crippen LogP contribution < -0.4 is 10.1 Å². The Kier molecular flexibility index (Phi) is 3.10. The highest BCUT2D eigenvalue weighted by Crippen LogP contribution is 2.35. The number of aromatic nitrogens is 2. The minimum absolute atomic E-state index is 0.0971. The first kappa shape index (κ1) is 11.6. The Bertz CT molecular complexity index is 586. The third-order valence-electron chi connectivity index (χ3n) is 3.05. The number of hydrogen-bond acceptors (Lipinski definition) is 4. The van der Waals surface area contributed by atoms with Gasteiger partial charge in [0.25, 0.3) is 0 Å². The van der Waals surface area contributed by atoms with Crippen LogP contribution in [0.4, 0.5) is 5.95 Å². The van der Waals surface area contributed by atoms with E-state index in [1.807, 2.05) is 24.3 Å². The zero-order valence-corrected chi connectivity index (χ0v) is 10.2. The lowest BCUT2D eigenvalue weighted by atomic mass is 9.98. The molecule has 1 unspecified atom stereocenters. The minimum atomic E-state index is -0.100. The molecule has 1 N–H and O–H groups in total. The molecule has 0 radical (unpaired) electrons. The van der Waals surface area contributed by atoms with Gasteiger partial charge in [0.2, 0.25) is 11.9 Å². The topological polar surface area (TPSA) is 64.1 Å². The maximum absolute atomic E-state index is 11.9. The normalized spacial score (nSPS) is 16.5. The lowest BCUT2D eigenvalue weighted by molar-refractivity contribution is -0.116. The molecule has 3 rings (SSSR count). The van der Waals surface area contributed by atoms with Crippen LogP contribution in [0.3, 0.4) is 0 Å². The number of amides is 1. The Morgan fingerprint density at radius 2 is 2.05 bits per heavy atom. The molecular weight excluding hydrogens is 242 g/mol. The molecule has 2 heterocycles. The summed E-state index contributed by atoms with van der Waals surface area (Å²) in [6.45, 7) is 0.544. The van der Waals surface area contributed by atoms with Gasteiger partial charge in [-0.2, -0.15) is 0 Å². The first-order chi connectivity index (χ1) is 9.33. The monoisotopic (exact) mass is 255 g/mol. The number of hydrogen-bond donors (Lipinski definition) is 1. The fourth-order valence-electron chi connectivity index (χ4n) is 2.16. The molecule has 0 fully saturated rings. The summed E-state index contributed by atoms with van der Waals surface area (Å²) in [6.07, 6.45) is 3.56. The molecule has 0 saturated carbocycles. The number of rotatable bonds is 3. The summed E-state index contributed by atoms with van der Waals surface area (Å²) in [5.41, 5.74) is 1.09. The summed E-state index contributed by atoms with van der Waals surface area (Å²) in [5, 5.41) is 2.68. The number of benzene rings is 1. The second kappa shape index (κ2) is 5.06. The molecule has 1 aromatic heterocycles. The van der Waals surface area contributed by atoms with Gasteiger partial charge in [0, 0.05) is 30.3 Å². The molecule has 19 heavy (non-hydrogen) atoms. The van der Waals surface area contributed by atoms with Gasteiger partial charge in [0.05, 0.1) is 6.61 Å². The number of nitrogens with zero attached hydrogens (tertiary/aromatic N) is 2. The van der Waals surface area contributed by atoms with Gasteiger partial charge < -0.3 is 4.74 Å². The van der Waals surface area contributed by atoms with Crippen LogP contribution in [0.5, 0.6) is 5.75 Å². The molecule has 1 aliphatic heterocycles. The van der Waals surface area contributed by atoms with Crippen molar-refractivity contribution >= 4 is 11.9 Å². The number of fused-ring (bicyclic) bond motifs is 1. The molecule has 0 bridgehead atoms. The van der Waals surface area contributed by atoms with Gasteiger partial charge in [0.15, 0.2) is 0 Å². The Labute approximate surface area is 110 Å². The Morgan fingerprint density at radius 3 is 2.89 bits per heavy atom. The molecule has 2 aromatic rings. The zero-order valence-electron chi connectivity index (χ0n) is 10.2. The van der Waals surface area contributed by atoms with E-state index in [1.165, 1.54) is 0 Å². The largest absolute Gasteiger partial charge is 0.493 e. The van der Waals surface area contributed by atoms with Crippen molar-refractivity contribution in [3.05, 3.63) is 48.3 Å². The van der Waals surface area contributed by atoms with Crippen LogP contribution in [0.1, 0.15) is 17.9 Å². The number of ether oxygens (including phenoxy) is 1. The van der Waals surface area contributed by atoms with E-state index in [0.717, 1.165) is 11.3 Å². The van der Waals surface area contributed by atoms with Crippen LogP contribution in [-0.2, 0) is 4.79 Å². The maximum Gasteiger partial charge on any atom is 0.229 e. The maximum atomic E-state index is 11.9. The smallest absolute Gasteiger partial charge is 0.229 e. The van der Waals surface area contributed by atoms with Gasteiger partial charge in [-0.1, -0.05) is 18.2 Å². The SMILES string of the molecule is O=C(CC1COc2ccccc21)Nc1ncccn1. The third kappa shape index (κ3) is 2.54. The van der Waals surface area contributed by atoms with E-state index in [2.05, 4.69) is 15.3 Å². The van der Waals surface area contributed by atoms with E-state index in [0.29, 0.717) is 19.0 Å². The van der Waals surface area contributed by atoms with E-state index in [9.17, 15) is 4.79 Å². The molecule has 1 aliphatic rings. The Balaban J connectivity index is 1.65. The average Bonchev–Trinajstić information content (AvgIpc) is 2.83. The summed E-state index contributed by atoms with van der Waals surface area (Å²) in [4.78, 5) is 19.9. The second-order valence-corrected chi connectivity index (χ2v) is 4.37. The van der Waals surface area contributed by atoms with E-state index in [4.69, 9.17) is 4.74 Å². The van der Waals surface area contributed by atoms with Crippen molar-refractivity contribution in [1.29, 1.82) is 0 Å². The van der Waals surface area contributed by atoms with E-state index < -0.39 is 0 Å². The highest BCUT2D eigenvalue weighted by molar-refractivity contribution is 5.89. The van der Waals surface area contributed by atoms with Gasteiger partial charge in [-0.05, 0) is 12.1 Å². The molecular formula is C14H13N3O2. The molecule has 1 amide bonds. The lowest BCUT2D eigenvalue weighted by Gasteiger charge is -2.08. The van der Waals surface area contributed by atoms with Crippen molar-refractivity contribution in [3.63, 3.8) is 0 Å². The van der Waals surface area contributed by atoms with Crippen LogP contribution in [0.15, 0.2) is 42.7 Å². The van der Waals surface area contributed by atoms with Gasteiger partial charge in [-0.25, -0.2) is 9.97 Å². The van der Waals surface area contributed by atoms with Crippen LogP contribution >= 0.6 is 0 Å². The average molecular weight is 255 g/mol.